The number of sulfonamides is 1. The van der Waals surface area contributed by atoms with Gasteiger partial charge in [0.05, 0.1) is 17.1 Å². The van der Waals surface area contributed by atoms with Crippen molar-refractivity contribution in [3.63, 3.8) is 0 Å². The number of aryl methyl sites for hydroxylation is 2. The van der Waals surface area contributed by atoms with Crippen LogP contribution in [0, 0.1) is 25.5 Å². The monoisotopic (exact) mass is 301 g/mol. The van der Waals surface area contributed by atoms with Crippen LogP contribution < -0.4 is 4.72 Å². The molecule has 0 aliphatic rings. The number of nitrogens with one attached hydrogen (secondary N) is 1. The lowest BCUT2D eigenvalue weighted by Gasteiger charge is -2.09. The van der Waals surface area contributed by atoms with E-state index < -0.39 is 26.6 Å². The summed E-state index contributed by atoms with van der Waals surface area (Å²) in [5, 5.41) is 4.05. The maximum absolute atomic E-state index is 13.6. The standard InChI is InChI=1S/C12H13F2N3O2S/c1-7-12(8(2)17(3)15-7)16-20(18,19)11-6-9(13)4-5-10(11)14/h4-6,16H,1-3H3. The average Bonchev–Trinajstić information content (AvgIpc) is 2.59. The van der Waals surface area contributed by atoms with Crippen molar-refractivity contribution in [3.05, 3.63) is 41.2 Å². The molecule has 0 unspecified atom stereocenters. The quantitative estimate of drug-likeness (QED) is 0.944. The van der Waals surface area contributed by atoms with Gasteiger partial charge >= 0.3 is 0 Å². The SMILES string of the molecule is Cc1nn(C)c(C)c1NS(=O)(=O)c1cc(F)ccc1F. The van der Waals surface area contributed by atoms with Crippen molar-refractivity contribution in [2.24, 2.45) is 7.05 Å². The van der Waals surface area contributed by atoms with Crippen LogP contribution in [0.4, 0.5) is 14.5 Å². The van der Waals surface area contributed by atoms with Crippen LogP contribution >= 0.6 is 0 Å². The van der Waals surface area contributed by atoms with E-state index in [1.165, 1.54) is 4.68 Å². The van der Waals surface area contributed by atoms with E-state index >= 15 is 0 Å². The van der Waals surface area contributed by atoms with Crippen molar-refractivity contribution >= 4 is 15.7 Å². The largest absolute Gasteiger partial charge is 0.276 e. The molecule has 1 aromatic heterocycles. The third-order valence-corrected chi connectivity index (χ3v) is 4.29. The molecule has 2 rings (SSSR count). The van der Waals surface area contributed by atoms with Gasteiger partial charge in [-0.2, -0.15) is 5.10 Å². The Morgan fingerprint density at radius 3 is 2.45 bits per heavy atom. The average molecular weight is 301 g/mol. The zero-order chi connectivity index (χ0) is 15.1. The molecule has 20 heavy (non-hydrogen) atoms. The van der Waals surface area contributed by atoms with Gasteiger partial charge in [-0.25, -0.2) is 17.2 Å². The Balaban J connectivity index is 2.49. The molecule has 2 aromatic rings. The molecule has 8 heteroatoms. The molecule has 1 aromatic carbocycles. The van der Waals surface area contributed by atoms with Crippen LogP contribution in [0.2, 0.25) is 0 Å². The molecular formula is C12H13F2N3O2S. The van der Waals surface area contributed by atoms with Crippen molar-refractivity contribution in [2.45, 2.75) is 18.7 Å². The van der Waals surface area contributed by atoms with Gasteiger partial charge in [-0.1, -0.05) is 0 Å². The maximum atomic E-state index is 13.6. The minimum Gasteiger partial charge on any atom is -0.276 e. The van der Waals surface area contributed by atoms with Gasteiger partial charge in [0.1, 0.15) is 16.5 Å². The first kappa shape index (κ1) is 14.4. The Kier molecular flexibility index (Phi) is 3.51. The summed E-state index contributed by atoms with van der Waals surface area (Å²) >= 11 is 0. The van der Waals surface area contributed by atoms with Gasteiger partial charge in [0.25, 0.3) is 10.0 Å². The number of halogens is 2. The number of rotatable bonds is 3. The summed E-state index contributed by atoms with van der Waals surface area (Å²) in [7, 11) is -2.56. The van der Waals surface area contributed by atoms with Crippen LogP contribution in [-0.4, -0.2) is 18.2 Å². The van der Waals surface area contributed by atoms with Gasteiger partial charge in [0, 0.05) is 7.05 Å². The topological polar surface area (TPSA) is 64.0 Å². The first-order chi connectivity index (χ1) is 9.22. The fourth-order valence-corrected chi connectivity index (χ4v) is 3.06. The first-order valence-electron chi connectivity index (χ1n) is 5.70. The summed E-state index contributed by atoms with van der Waals surface area (Å²) in [5.74, 6) is -1.84. The summed E-state index contributed by atoms with van der Waals surface area (Å²) in [5.41, 5.74) is 1.28. The molecule has 108 valence electrons. The fourth-order valence-electron chi connectivity index (χ4n) is 1.79. The molecule has 0 fully saturated rings. The summed E-state index contributed by atoms with van der Waals surface area (Å²) < 4.78 is 54.7. The molecule has 0 atom stereocenters. The van der Waals surface area contributed by atoms with Crippen LogP contribution in [0.1, 0.15) is 11.4 Å². The van der Waals surface area contributed by atoms with Crippen LogP contribution in [-0.2, 0) is 17.1 Å². The predicted molar refractivity (Wildman–Crippen MR) is 69.8 cm³/mol. The third kappa shape index (κ3) is 2.51. The number of anilines is 1. The van der Waals surface area contributed by atoms with Gasteiger partial charge in [0.2, 0.25) is 0 Å². The van der Waals surface area contributed by atoms with Crippen LogP contribution in [0.15, 0.2) is 23.1 Å². The summed E-state index contributed by atoms with van der Waals surface area (Å²) in [6.07, 6.45) is 0. The molecule has 0 amide bonds. The van der Waals surface area contributed by atoms with Gasteiger partial charge in [0.15, 0.2) is 0 Å². The summed E-state index contributed by atoms with van der Waals surface area (Å²) in [4.78, 5) is -0.736. The molecule has 0 aliphatic carbocycles. The van der Waals surface area contributed by atoms with Crippen LogP contribution in [0.25, 0.3) is 0 Å². The van der Waals surface area contributed by atoms with Gasteiger partial charge in [-0.05, 0) is 32.0 Å². The number of aromatic nitrogens is 2. The van der Waals surface area contributed by atoms with Crippen molar-refractivity contribution in [2.75, 3.05) is 4.72 Å². The molecule has 1 heterocycles. The minimum absolute atomic E-state index is 0.260. The van der Waals surface area contributed by atoms with Gasteiger partial charge < -0.3 is 0 Å². The van der Waals surface area contributed by atoms with E-state index in [-0.39, 0.29) is 5.69 Å². The molecule has 0 radical (unpaired) electrons. The molecule has 5 nitrogen and oxygen atoms in total. The summed E-state index contributed by atoms with van der Waals surface area (Å²) in [6.45, 7) is 3.28. The normalized spacial score (nSPS) is 11.7. The second-order valence-corrected chi connectivity index (χ2v) is 6.00. The van der Waals surface area contributed by atoms with Crippen LogP contribution in [0.3, 0.4) is 0 Å². The maximum Gasteiger partial charge on any atom is 0.265 e. The molecule has 0 bridgehead atoms. The molecule has 0 saturated heterocycles. The van der Waals surface area contributed by atoms with E-state index in [9.17, 15) is 17.2 Å². The number of benzene rings is 1. The third-order valence-electron chi connectivity index (χ3n) is 2.93. The van der Waals surface area contributed by atoms with E-state index in [0.717, 1.165) is 12.1 Å². The Morgan fingerprint density at radius 1 is 1.25 bits per heavy atom. The zero-order valence-corrected chi connectivity index (χ0v) is 11.9. The lowest BCUT2D eigenvalue weighted by molar-refractivity contribution is 0.555. The number of hydrogen-bond donors (Lipinski definition) is 1. The van der Waals surface area contributed by atoms with Crippen LogP contribution in [0.5, 0.6) is 0 Å². The predicted octanol–water partition coefficient (Wildman–Crippen LogP) is 2.12. The van der Waals surface area contributed by atoms with E-state index in [0.29, 0.717) is 17.5 Å². The fraction of sp³-hybridized carbons (Fsp3) is 0.250. The Bertz CT molecular complexity index is 769. The Morgan fingerprint density at radius 2 is 1.90 bits per heavy atom. The zero-order valence-electron chi connectivity index (χ0n) is 11.1. The molecule has 1 N–H and O–H groups in total. The highest BCUT2D eigenvalue weighted by molar-refractivity contribution is 7.92. The molecule has 0 spiro atoms. The van der Waals surface area contributed by atoms with Crippen molar-refractivity contribution in [1.29, 1.82) is 0 Å². The van der Waals surface area contributed by atoms with E-state index in [1.54, 1.807) is 20.9 Å². The van der Waals surface area contributed by atoms with E-state index in [4.69, 9.17) is 0 Å². The Labute approximate surface area is 115 Å². The van der Waals surface area contributed by atoms with Crippen molar-refractivity contribution < 1.29 is 17.2 Å². The second kappa shape index (κ2) is 4.86. The summed E-state index contributed by atoms with van der Waals surface area (Å²) in [6, 6.07) is 2.26. The lowest BCUT2D eigenvalue weighted by atomic mass is 10.3. The van der Waals surface area contributed by atoms with Gasteiger partial charge in [-0.15, -0.1) is 0 Å². The van der Waals surface area contributed by atoms with E-state index in [1.807, 2.05) is 0 Å². The highest BCUT2D eigenvalue weighted by Gasteiger charge is 2.23. The smallest absolute Gasteiger partial charge is 0.265 e. The lowest BCUT2D eigenvalue weighted by Crippen LogP contribution is -2.16. The number of hydrogen-bond acceptors (Lipinski definition) is 3. The molecule has 0 saturated carbocycles. The Hall–Kier alpha value is -1.96. The van der Waals surface area contributed by atoms with Gasteiger partial charge in [-0.3, -0.25) is 9.40 Å². The highest BCUT2D eigenvalue weighted by atomic mass is 32.2. The molecular weight excluding hydrogens is 288 g/mol. The highest BCUT2D eigenvalue weighted by Crippen LogP contribution is 2.24. The van der Waals surface area contributed by atoms with Crippen molar-refractivity contribution in [3.8, 4) is 0 Å². The minimum atomic E-state index is -4.22. The molecule has 0 aliphatic heterocycles. The second-order valence-electron chi connectivity index (χ2n) is 4.35. The van der Waals surface area contributed by atoms with E-state index in [2.05, 4.69) is 9.82 Å². The first-order valence-corrected chi connectivity index (χ1v) is 7.19. The number of nitrogens with zero attached hydrogens (tertiary/aromatic N) is 2. The van der Waals surface area contributed by atoms with Crippen molar-refractivity contribution in [1.82, 2.24) is 9.78 Å².